The Hall–Kier alpha value is -3.13. The molecule has 2 aliphatic rings. The van der Waals surface area contributed by atoms with Crippen molar-refractivity contribution < 1.29 is 19.4 Å². The first kappa shape index (κ1) is 29.9. The van der Waals surface area contributed by atoms with Crippen molar-refractivity contribution in [3.05, 3.63) is 87.9 Å². The molecule has 6 rings (SSSR count). The summed E-state index contributed by atoms with van der Waals surface area (Å²) in [5.41, 5.74) is 4.48. The smallest absolute Gasteiger partial charge is 0.331 e. The lowest BCUT2D eigenvalue weighted by atomic mass is 9.59. The molecule has 0 bridgehead atoms. The average Bonchev–Trinajstić information content (AvgIpc) is 3.60. The number of esters is 1. The molecule has 4 aromatic rings. The number of hydrogen-bond acceptors (Lipinski definition) is 7. The zero-order valence-electron chi connectivity index (χ0n) is 24.9. The molecule has 6 nitrogen and oxygen atoms in total. The first-order valence-electron chi connectivity index (χ1n) is 15.1. The quantitative estimate of drug-likeness (QED) is 0.184. The Morgan fingerprint density at radius 1 is 1.14 bits per heavy atom. The van der Waals surface area contributed by atoms with Crippen LogP contribution in [-0.2, 0) is 21.4 Å². The number of nitrogens with zero attached hydrogens (tertiary/aromatic N) is 1. The number of anilines is 1. The van der Waals surface area contributed by atoms with Gasteiger partial charge in [0.2, 0.25) is 0 Å². The monoisotopic (exact) mass is 618 g/mol. The van der Waals surface area contributed by atoms with Crippen LogP contribution in [0, 0.1) is 11.8 Å². The highest BCUT2D eigenvalue weighted by Crippen LogP contribution is 2.56. The van der Waals surface area contributed by atoms with Gasteiger partial charge < -0.3 is 19.9 Å². The number of rotatable bonds is 9. The number of carbonyl (C=O) groups is 1. The lowest BCUT2D eigenvalue weighted by Gasteiger charge is -2.48. The molecular formula is C35H39ClN2O4S. The molecule has 0 saturated heterocycles. The van der Waals surface area contributed by atoms with Gasteiger partial charge in [-0.05, 0) is 115 Å². The van der Waals surface area contributed by atoms with Crippen molar-refractivity contribution in [2.75, 3.05) is 19.0 Å². The van der Waals surface area contributed by atoms with Gasteiger partial charge in [-0.25, -0.2) is 4.79 Å². The summed E-state index contributed by atoms with van der Waals surface area (Å²) in [5, 5.41) is 16.7. The third kappa shape index (κ3) is 5.75. The molecule has 2 aliphatic carbocycles. The zero-order chi connectivity index (χ0) is 30.2. The molecule has 1 fully saturated rings. The van der Waals surface area contributed by atoms with Crippen LogP contribution in [0.2, 0.25) is 5.02 Å². The van der Waals surface area contributed by atoms with Crippen LogP contribution in [0.4, 0.5) is 5.69 Å². The van der Waals surface area contributed by atoms with Gasteiger partial charge >= 0.3 is 5.97 Å². The number of benzene rings is 2. The average molecular weight is 619 g/mol. The second kappa shape index (κ2) is 12.1. The fourth-order valence-corrected chi connectivity index (χ4v) is 8.46. The minimum Gasteiger partial charge on any atom is -0.492 e. The summed E-state index contributed by atoms with van der Waals surface area (Å²) in [4.78, 5) is 17.8. The van der Waals surface area contributed by atoms with E-state index in [4.69, 9.17) is 21.1 Å². The van der Waals surface area contributed by atoms with Gasteiger partial charge in [0.05, 0.1) is 30.0 Å². The van der Waals surface area contributed by atoms with Gasteiger partial charge in [-0.3, -0.25) is 4.98 Å². The highest BCUT2D eigenvalue weighted by atomic mass is 35.5. The molecule has 0 radical (unpaired) electrons. The van der Waals surface area contributed by atoms with E-state index in [1.165, 1.54) is 18.2 Å². The molecule has 226 valence electrons. The first-order chi connectivity index (χ1) is 20.7. The van der Waals surface area contributed by atoms with Crippen molar-refractivity contribution in [3.63, 3.8) is 0 Å². The van der Waals surface area contributed by atoms with Crippen molar-refractivity contribution in [3.8, 4) is 5.75 Å². The third-order valence-corrected chi connectivity index (χ3v) is 10.9. The van der Waals surface area contributed by atoms with Crippen molar-refractivity contribution >= 4 is 44.8 Å². The van der Waals surface area contributed by atoms with Crippen molar-refractivity contribution in [2.24, 2.45) is 11.8 Å². The fourth-order valence-electron chi connectivity index (χ4n) is 7.45. The Morgan fingerprint density at radius 2 is 1.95 bits per heavy atom. The number of methoxy groups -OCH3 is 1. The van der Waals surface area contributed by atoms with E-state index in [2.05, 4.69) is 35.4 Å². The highest BCUT2D eigenvalue weighted by Gasteiger charge is 2.54. The van der Waals surface area contributed by atoms with Gasteiger partial charge in [0.15, 0.2) is 0 Å². The summed E-state index contributed by atoms with van der Waals surface area (Å²) in [5.74, 6) is 1.37. The molecular weight excluding hydrogens is 580 g/mol. The number of hydrogen-bond donors (Lipinski definition) is 2. The Kier molecular flexibility index (Phi) is 8.42. The normalized spacial score (nSPS) is 24.4. The van der Waals surface area contributed by atoms with Gasteiger partial charge in [-0.1, -0.05) is 42.8 Å². The predicted octanol–water partition coefficient (Wildman–Crippen LogP) is 8.12. The minimum atomic E-state index is -0.831. The van der Waals surface area contributed by atoms with Crippen LogP contribution in [0.25, 0.3) is 10.2 Å². The Morgan fingerprint density at radius 3 is 2.70 bits per heavy atom. The molecule has 3 atom stereocenters. The van der Waals surface area contributed by atoms with Crippen LogP contribution in [-0.4, -0.2) is 35.3 Å². The van der Waals surface area contributed by atoms with E-state index in [1.807, 2.05) is 54.9 Å². The molecule has 0 amide bonds. The molecule has 2 aromatic heterocycles. The van der Waals surface area contributed by atoms with E-state index in [0.717, 1.165) is 52.9 Å². The number of aliphatic hydroxyl groups is 1. The van der Waals surface area contributed by atoms with E-state index in [9.17, 15) is 9.90 Å². The standard InChI is InChI=1S/C35H39ClN2O4S/c1-22(21-42-31-9-15-37-30-10-16-43-32(30)31)17-26-18-25-8-7-24(23(2)39)19-29(25)34(26)11-13-35(14-12-34,33(40)41-3)38-28-6-4-5-27(36)20-28/h4-10,15-16,19-20,22-23,26,38-39H,11-14,17-18,21H2,1-3H3/t22-,23?,26-,34?,35?/m1/s1. The van der Waals surface area contributed by atoms with Gasteiger partial charge in [0.25, 0.3) is 0 Å². The van der Waals surface area contributed by atoms with Crippen LogP contribution >= 0.6 is 22.9 Å². The van der Waals surface area contributed by atoms with E-state index >= 15 is 0 Å². The van der Waals surface area contributed by atoms with Crippen molar-refractivity contribution in [1.29, 1.82) is 0 Å². The Bertz CT molecular complexity index is 1610. The predicted molar refractivity (Wildman–Crippen MR) is 173 cm³/mol. The van der Waals surface area contributed by atoms with E-state index < -0.39 is 11.6 Å². The number of carbonyl (C=O) groups excluding carboxylic acids is 1. The van der Waals surface area contributed by atoms with Crippen molar-refractivity contribution in [2.45, 2.75) is 69.4 Å². The summed E-state index contributed by atoms with van der Waals surface area (Å²) >= 11 is 7.94. The first-order valence-corrected chi connectivity index (χ1v) is 16.4. The van der Waals surface area contributed by atoms with Crippen molar-refractivity contribution in [1.82, 2.24) is 4.98 Å². The van der Waals surface area contributed by atoms with Crippen LogP contribution in [0.1, 0.15) is 68.7 Å². The second-order valence-corrected chi connectivity index (χ2v) is 13.8. The number of aromatic nitrogens is 1. The SMILES string of the molecule is COC(=O)C1(Nc2cccc(Cl)c2)CCC2(CC1)c1cc(C(C)O)ccc1C[C@H]2C[C@@H](C)COc1ccnc2ccsc12. The molecule has 2 heterocycles. The Balaban J connectivity index is 1.26. The summed E-state index contributed by atoms with van der Waals surface area (Å²) in [6.45, 7) is 4.72. The molecule has 43 heavy (non-hydrogen) atoms. The molecule has 2 aromatic carbocycles. The molecule has 0 aliphatic heterocycles. The molecule has 2 N–H and O–H groups in total. The van der Waals surface area contributed by atoms with E-state index in [1.54, 1.807) is 11.3 Å². The lowest BCUT2D eigenvalue weighted by Crippen LogP contribution is -2.53. The summed E-state index contributed by atoms with van der Waals surface area (Å²) in [7, 11) is 1.46. The molecule has 8 heteroatoms. The number of ether oxygens (including phenoxy) is 2. The maximum Gasteiger partial charge on any atom is 0.331 e. The van der Waals surface area contributed by atoms with E-state index in [-0.39, 0.29) is 11.4 Å². The van der Waals surface area contributed by atoms with Crippen LogP contribution < -0.4 is 10.1 Å². The maximum absolute atomic E-state index is 13.4. The third-order valence-electron chi connectivity index (χ3n) is 9.70. The number of pyridine rings is 1. The lowest BCUT2D eigenvalue weighted by molar-refractivity contribution is -0.148. The molecule has 1 unspecified atom stereocenters. The number of aliphatic hydroxyl groups excluding tert-OH is 1. The largest absolute Gasteiger partial charge is 0.492 e. The number of nitrogens with one attached hydrogen (secondary N) is 1. The van der Waals surface area contributed by atoms with Gasteiger partial charge in [0, 0.05) is 16.9 Å². The topological polar surface area (TPSA) is 80.7 Å². The van der Waals surface area contributed by atoms with E-state index in [0.29, 0.717) is 36.3 Å². The summed E-state index contributed by atoms with van der Waals surface area (Å²) in [6, 6.07) is 18.0. The number of thiophene rings is 1. The van der Waals surface area contributed by atoms with Gasteiger partial charge in [-0.2, -0.15) is 0 Å². The maximum atomic E-state index is 13.4. The van der Waals surface area contributed by atoms with Gasteiger partial charge in [0.1, 0.15) is 11.3 Å². The number of fused-ring (bicyclic) bond motifs is 3. The minimum absolute atomic E-state index is 0.0975. The molecule has 1 spiro atoms. The van der Waals surface area contributed by atoms with Crippen LogP contribution in [0.15, 0.2) is 66.2 Å². The Labute approximate surface area is 262 Å². The fraction of sp³-hybridized carbons (Fsp3) is 0.429. The van der Waals surface area contributed by atoms with Gasteiger partial charge in [-0.15, -0.1) is 11.3 Å². The molecule has 1 saturated carbocycles. The van der Waals surface area contributed by atoms with Crippen LogP contribution in [0.5, 0.6) is 5.75 Å². The summed E-state index contributed by atoms with van der Waals surface area (Å²) in [6.07, 6.45) is 6.21. The highest BCUT2D eigenvalue weighted by molar-refractivity contribution is 7.17. The zero-order valence-corrected chi connectivity index (χ0v) is 26.5. The van der Waals surface area contributed by atoms with Crippen LogP contribution in [0.3, 0.4) is 0 Å². The summed E-state index contributed by atoms with van der Waals surface area (Å²) < 4.78 is 12.8. The number of halogens is 1. The second-order valence-electron chi connectivity index (χ2n) is 12.5.